The third kappa shape index (κ3) is 13.0. The highest BCUT2D eigenvalue weighted by Gasteiger charge is 1.90. The number of rotatable bonds is 5. The lowest BCUT2D eigenvalue weighted by Crippen LogP contribution is -2.36. The molecule has 0 aliphatic rings. The number of likely N-dealkylation sites (N-methyl/N-ethyl adjacent to an activating group) is 2. The van der Waals surface area contributed by atoms with Crippen LogP contribution in [0.5, 0.6) is 0 Å². The summed E-state index contributed by atoms with van der Waals surface area (Å²) in [5.74, 6) is 5.51. The van der Waals surface area contributed by atoms with Crippen molar-refractivity contribution in [2.24, 2.45) is 5.84 Å². The van der Waals surface area contributed by atoms with Crippen molar-refractivity contribution in [2.75, 3.05) is 26.2 Å². The van der Waals surface area contributed by atoms with Gasteiger partial charge in [0.2, 0.25) is 0 Å². The summed E-state index contributed by atoms with van der Waals surface area (Å²) in [6, 6.07) is 0. The molecule has 0 aliphatic carbocycles. The Morgan fingerprint density at radius 1 is 1.27 bits per heavy atom. The first-order valence-corrected chi connectivity index (χ1v) is 4.51. The third-order valence-corrected chi connectivity index (χ3v) is 1.23. The van der Waals surface area contributed by atoms with E-state index in [1.54, 1.807) is 5.01 Å². The Bertz CT molecular complexity index is 57.3. The summed E-state index contributed by atoms with van der Waals surface area (Å²) >= 11 is 0. The van der Waals surface area contributed by atoms with Gasteiger partial charge < -0.3 is 5.32 Å². The van der Waals surface area contributed by atoms with Gasteiger partial charge >= 0.3 is 0 Å². The molecule has 0 aromatic carbocycles. The maximum atomic E-state index is 5.51. The lowest BCUT2D eigenvalue weighted by atomic mass is 10.5. The fourth-order valence-electron chi connectivity index (χ4n) is 0.558. The van der Waals surface area contributed by atoms with Crippen LogP contribution in [-0.2, 0) is 0 Å². The Kier molecular flexibility index (Phi) is 15.4. The first-order chi connectivity index (χ1) is 5.31. The van der Waals surface area contributed by atoms with E-state index in [0.29, 0.717) is 0 Å². The van der Waals surface area contributed by atoms with E-state index < -0.39 is 0 Å². The molecule has 0 saturated carbocycles. The van der Waals surface area contributed by atoms with Crippen LogP contribution < -0.4 is 11.2 Å². The van der Waals surface area contributed by atoms with Gasteiger partial charge in [-0.1, -0.05) is 27.7 Å². The van der Waals surface area contributed by atoms with Crippen molar-refractivity contribution in [3.05, 3.63) is 0 Å². The zero-order chi connectivity index (χ0) is 9.11. The van der Waals surface area contributed by atoms with E-state index in [9.17, 15) is 0 Å². The molecule has 0 spiro atoms. The molecule has 0 amide bonds. The fourth-order valence-corrected chi connectivity index (χ4v) is 0.558. The Balaban J connectivity index is 0. The zero-order valence-electron chi connectivity index (χ0n) is 8.35. The molecule has 70 valence electrons. The summed E-state index contributed by atoms with van der Waals surface area (Å²) in [4.78, 5) is 0. The van der Waals surface area contributed by atoms with Crippen LogP contribution in [0.25, 0.3) is 0 Å². The monoisotopic (exact) mass is 161 g/mol. The third-order valence-electron chi connectivity index (χ3n) is 1.23. The van der Waals surface area contributed by atoms with Crippen LogP contribution in [-0.4, -0.2) is 31.2 Å². The summed E-state index contributed by atoms with van der Waals surface area (Å²) in [6.07, 6.45) is 0. The Morgan fingerprint density at radius 3 is 2.18 bits per heavy atom. The predicted octanol–water partition coefficient (Wildman–Crippen LogP) is 0.818. The molecule has 0 aromatic heterocycles. The van der Waals surface area contributed by atoms with Crippen molar-refractivity contribution >= 4 is 0 Å². The summed E-state index contributed by atoms with van der Waals surface area (Å²) in [5.41, 5.74) is 0. The molecule has 11 heavy (non-hydrogen) atoms. The van der Waals surface area contributed by atoms with Crippen molar-refractivity contribution in [3.63, 3.8) is 0 Å². The number of nitrogens with zero attached hydrogens (tertiary/aromatic N) is 1. The number of nitrogens with one attached hydrogen (secondary N) is 1. The molecule has 0 unspecified atom stereocenters. The van der Waals surface area contributed by atoms with Crippen molar-refractivity contribution in [3.8, 4) is 0 Å². The molecule has 0 aliphatic heterocycles. The largest absolute Gasteiger partial charge is 0.316 e. The van der Waals surface area contributed by atoms with Crippen LogP contribution in [0.2, 0.25) is 0 Å². The molecule has 0 aromatic rings. The van der Waals surface area contributed by atoms with Crippen LogP contribution >= 0.6 is 0 Å². The smallest absolute Gasteiger partial charge is 0.0253 e. The van der Waals surface area contributed by atoms with E-state index in [-0.39, 0.29) is 0 Å². The summed E-state index contributed by atoms with van der Waals surface area (Å²) < 4.78 is 0. The average Bonchev–Trinajstić information content (AvgIpc) is 2.08. The van der Waals surface area contributed by atoms with E-state index in [0.717, 1.165) is 26.2 Å². The second-order valence-corrected chi connectivity index (χ2v) is 1.98. The maximum Gasteiger partial charge on any atom is 0.0253 e. The van der Waals surface area contributed by atoms with E-state index in [1.807, 2.05) is 20.8 Å². The molecule has 3 N–H and O–H groups in total. The molecule has 3 nitrogen and oxygen atoms in total. The van der Waals surface area contributed by atoms with Crippen LogP contribution in [0.15, 0.2) is 0 Å². The van der Waals surface area contributed by atoms with Gasteiger partial charge in [0.15, 0.2) is 0 Å². The van der Waals surface area contributed by atoms with Crippen LogP contribution in [0.4, 0.5) is 0 Å². The van der Waals surface area contributed by atoms with Gasteiger partial charge in [0.05, 0.1) is 0 Å². The summed E-state index contributed by atoms with van der Waals surface area (Å²) in [7, 11) is 0. The van der Waals surface area contributed by atoms with Crippen molar-refractivity contribution in [2.45, 2.75) is 27.7 Å². The maximum absolute atomic E-state index is 5.51. The quantitative estimate of drug-likeness (QED) is 0.356. The molecule has 0 saturated heterocycles. The molecule has 0 bridgehead atoms. The topological polar surface area (TPSA) is 41.3 Å². The van der Waals surface area contributed by atoms with Crippen molar-refractivity contribution in [1.29, 1.82) is 0 Å². The van der Waals surface area contributed by atoms with E-state index in [1.165, 1.54) is 0 Å². The molecule has 0 rings (SSSR count). The minimum absolute atomic E-state index is 0.922. The second kappa shape index (κ2) is 12.5. The van der Waals surface area contributed by atoms with E-state index in [2.05, 4.69) is 12.2 Å². The minimum Gasteiger partial charge on any atom is -0.316 e. The number of hydrazine groups is 1. The molecule has 3 heteroatoms. The van der Waals surface area contributed by atoms with Crippen LogP contribution in [0, 0.1) is 0 Å². The highest BCUT2D eigenvalue weighted by Crippen LogP contribution is 1.71. The SMILES string of the molecule is CC.CCNCCN(N)CC. The van der Waals surface area contributed by atoms with Gasteiger partial charge in [-0.15, -0.1) is 0 Å². The first kappa shape index (κ1) is 13.5. The number of hydrogen-bond donors (Lipinski definition) is 2. The van der Waals surface area contributed by atoms with Gasteiger partial charge in [0.1, 0.15) is 0 Å². The van der Waals surface area contributed by atoms with Crippen LogP contribution in [0.3, 0.4) is 0 Å². The molecule has 0 radical (unpaired) electrons. The van der Waals surface area contributed by atoms with Gasteiger partial charge in [-0.05, 0) is 6.54 Å². The predicted molar refractivity (Wildman–Crippen MR) is 51.3 cm³/mol. The summed E-state index contributed by atoms with van der Waals surface area (Å²) in [5, 5.41) is 4.99. The zero-order valence-corrected chi connectivity index (χ0v) is 8.35. The highest BCUT2D eigenvalue weighted by molar-refractivity contribution is 4.47. The molecular weight excluding hydrogens is 138 g/mol. The van der Waals surface area contributed by atoms with Gasteiger partial charge in [-0.2, -0.15) is 0 Å². The second-order valence-electron chi connectivity index (χ2n) is 1.98. The highest BCUT2D eigenvalue weighted by atomic mass is 15.4. The Labute approximate surface area is 70.9 Å². The van der Waals surface area contributed by atoms with E-state index in [4.69, 9.17) is 5.84 Å². The molecular formula is C8H23N3. The number of nitrogens with two attached hydrogens (primary N) is 1. The Morgan fingerprint density at radius 2 is 1.82 bits per heavy atom. The van der Waals surface area contributed by atoms with Gasteiger partial charge in [0.25, 0.3) is 0 Å². The van der Waals surface area contributed by atoms with Crippen LogP contribution in [0.1, 0.15) is 27.7 Å². The molecule has 0 fully saturated rings. The summed E-state index contributed by atoms with van der Waals surface area (Å²) in [6.45, 7) is 12.0. The van der Waals surface area contributed by atoms with Gasteiger partial charge in [0, 0.05) is 19.6 Å². The van der Waals surface area contributed by atoms with Crippen molar-refractivity contribution < 1.29 is 0 Å². The van der Waals surface area contributed by atoms with Crippen molar-refractivity contribution in [1.82, 2.24) is 10.3 Å². The van der Waals surface area contributed by atoms with Gasteiger partial charge in [-0.25, -0.2) is 5.01 Å². The average molecular weight is 161 g/mol. The lowest BCUT2D eigenvalue weighted by molar-refractivity contribution is 0.299. The lowest BCUT2D eigenvalue weighted by Gasteiger charge is -2.12. The van der Waals surface area contributed by atoms with E-state index >= 15 is 0 Å². The molecule has 0 atom stereocenters. The molecule has 0 heterocycles. The normalized spacial score (nSPS) is 9.27. The number of hydrogen-bond acceptors (Lipinski definition) is 3. The fraction of sp³-hybridized carbons (Fsp3) is 1.00. The minimum atomic E-state index is 0.922. The van der Waals surface area contributed by atoms with Gasteiger partial charge in [-0.3, -0.25) is 5.84 Å². The first-order valence-electron chi connectivity index (χ1n) is 4.51. The standard InChI is InChI=1S/C6H17N3.C2H6/c1-3-8-5-6-9(7)4-2;1-2/h8H,3-7H2,1-2H3;1-2H3. The Hall–Kier alpha value is -0.120.